The van der Waals surface area contributed by atoms with Gasteiger partial charge in [-0.3, -0.25) is 0 Å². The molecule has 0 aromatic heterocycles. The van der Waals surface area contributed by atoms with E-state index in [9.17, 15) is 0 Å². The van der Waals surface area contributed by atoms with Crippen LogP contribution in [-0.2, 0) is 0 Å². The second-order valence-electron chi connectivity index (χ2n) is 2.77. The molecule has 0 aromatic rings. The number of rotatable bonds is 4. The van der Waals surface area contributed by atoms with Crippen LogP contribution in [0.2, 0.25) is 0 Å². The van der Waals surface area contributed by atoms with E-state index >= 15 is 0 Å². The Labute approximate surface area is 62.4 Å². The molecular weight excluding hydrogens is 128 g/mol. The van der Waals surface area contributed by atoms with Crippen LogP contribution >= 0.6 is 11.8 Å². The molecule has 1 rings (SSSR count). The lowest BCUT2D eigenvalue weighted by molar-refractivity contribution is 0.792. The molecule has 0 nitrogen and oxygen atoms in total. The van der Waals surface area contributed by atoms with E-state index in [2.05, 4.69) is 25.6 Å². The Morgan fingerprint density at radius 1 is 1.33 bits per heavy atom. The number of hydrogen-bond donors (Lipinski definition) is 0. The third-order valence-corrected chi connectivity index (χ3v) is 3.73. The monoisotopic (exact) mass is 144 g/mol. The van der Waals surface area contributed by atoms with E-state index in [1.54, 1.807) is 0 Å². The summed E-state index contributed by atoms with van der Waals surface area (Å²) in [4.78, 5) is 0. The van der Waals surface area contributed by atoms with E-state index in [1.807, 2.05) is 0 Å². The molecule has 0 atom stereocenters. The van der Waals surface area contributed by atoms with Crippen LogP contribution in [-0.4, -0.2) is 10.5 Å². The summed E-state index contributed by atoms with van der Waals surface area (Å²) < 4.78 is 0. The molecule has 0 amide bonds. The molecule has 0 aromatic carbocycles. The highest BCUT2D eigenvalue weighted by Gasteiger charge is 2.24. The molecule has 9 heavy (non-hydrogen) atoms. The molecule has 0 heterocycles. The molecule has 0 saturated heterocycles. The Kier molecular flexibility index (Phi) is 2.90. The Balaban J connectivity index is 2.05. The van der Waals surface area contributed by atoms with Crippen molar-refractivity contribution in [3.05, 3.63) is 0 Å². The predicted molar refractivity (Wildman–Crippen MR) is 45.0 cm³/mol. The summed E-state index contributed by atoms with van der Waals surface area (Å²) in [5, 5.41) is 2.01. The highest BCUT2D eigenvalue weighted by Crippen LogP contribution is 2.38. The Hall–Kier alpha value is 0.350. The molecule has 1 fully saturated rings. The van der Waals surface area contributed by atoms with Crippen molar-refractivity contribution in [2.75, 3.05) is 0 Å². The summed E-state index contributed by atoms with van der Waals surface area (Å²) in [5.41, 5.74) is 0. The van der Waals surface area contributed by atoms with Crippen molar-refractivity contribution < 1.29 is 0 Å². The molecular formula is C8H16S. The molecule has 0 aliphatic heterocycles. The SMILES string of the molecule is CCC(CC)SC1CC1. The zero-order valence-electron chi connectivity index (χ0n) is 6.39. The fourth-order valence-electron chi connectivity index (χ4n) is 0.957. The molecule has 0 radical (unpaired) electrons. The van der Waals surface area contributed by atoms with Crippen molar-refractivity contribution in [2.24, 2.45) is 0 Å². The minimum absolute atomic E-state index is 0.956. The zero-order chi connectivity index (χ0) is 6.69. The molecule has 54 valence electrons. The maximum atomic E-state index is 2.30. The van der Waals surface area contributed by atoms with Gasteiger partial charge >= 0.3 is 0 Å². The van der Waals surface area contributed by atoms with Gasteiger partial charge in [0.15, 0.2) is 0 Å². The van der Waals surface area contributed by atoms with Crippen molar-refractivity contribution >= 4 is 11.8 Å². The first kappa shape index (κ1) is 7.46. The van der Waals surface area contributed by atoms with E-state index in [4.69, 9.17) is 0 Å². The Morgan fingerprint density at radius 2 is 1.89 bits per heavy atom. The number of thioether (sulfide) groups is 1. The average molecular weight is 144 g/mol. The second-order valence-corrected chi connectivity index (χ2v) is 4.38. The van der Waals surface area contributed by atoms with Crippen LogP contribution in [0.4, 0.5) is 0 Å². The van der Waals surface area contributed by atoms with E-state index in [0.29, 0.717) is 0 Å². The van der Waals surface area contributed by atoms with Gasteiger partial charge in [0.1, 0.15) is 0 Å². The highest BCUT2D eigenvalue weighted by molar-refractivity contribution is 8.00. The maximum Gasteiger partial charge on any atom is 0.00506 e. The summed E-state index contributed by atoms with van der Waals surface area (Å²) in [6, 6.07) is 0. The second kappa shape index (κ2) is 3.50. The van der Waals surface area contributed by atoms with Crippen LogP contribution in [0.25, 0.3) is 0 Å². The third kappa shape index (κ3) is 2.61. The lowest BCUT2D eigenvalue weighted by atomic mass is 10.3. The molecule has 0 spiro atoms. The summed E-state index contributed by atoms with van der Waals surface area (Å²) in [7, 11) is 0. The predicted octanol–water partition coefficient (Wildman–Crippen LogP) is 3.07. The maximum absolute atomic E-state index is 2.30. The van der Waals surface area contributed by atoms with Gasteiger partial charge < -0.3 is 0 Å². The van der Waals surface area contributed by atoms with Crippen LogP contribution in [0.3, 0.4) is 0 Å². The van der Waals surface area contributed by atoms with Gasteiger partial charge in [-0.2, -0.15) is 11.8 Å². The van der Waals surface area contributed by atoms with Crippen molar-refractivity contribution in [1.29, 1.82) is 0 Å². The third-order valence-electron chi connectivity index (χ3n) is 1.82. The van der Waals surface area contributed by atoms with Crippen LogP contribution < -0.4 is 0 Å². The smallest absolute Gasteiger partial charge is 0.00506 e. The minimum atomic E-state index is 0.956. The van der Waals surface area contributed by atoms with E-state index in [-0.39, 0.29) is 0 Å². The van der Waals surface area contributed by atoms with E-state index in [1.165, 1.54) is 25.7 Å². The average Bonchev–Trinajstić information content (AvgIpc) is 2.66. The van der Waals surface area contributed by atoms with Gasteiger partial charge in [-0.1, -0.05) is 13.8 Å². The minimum Gasteiger partial charge on any atom is -0.155 e. The van der Waals surface area contributed by atoms with Crippen LogP contribution in [0.5, 0.6) is 0 Å². The quantitative estimate of drug-likeness (QED) is 0.584. The fraction of sp³-hybridized carbons (Fsp3) is 1.00. The summed E-state index contributed by atoms with van der Waals surface area (Å²) in [6.45, 7) is 4.59. The largest absolute Gasteiger partial charge is 0.155 e. The molecule has 0 N–H and O–H groups in total. The first-order chi connectivity index (χ1) is 4.36. The van der Waals surface area contributed by atoms with Crippen molar-refractivity contribution in [1.82, 2.24) is 0 Å². The van der Waals surface area contributed by atoms with E-state index in [0.717, 1.165) is 10.5 Å². The molecule has 1 heteroatoms. The van der Waals surface area contributed by atoms with Crippen molar-refractivity contribution in [2.45, 2.75) is 50.0 Å². The van der Waals surface area contributed by atoms with Gasteiger partial charge in [-0.25, -0.2) is 0 Å². The lowest BCUT2D eigenvalue weighted by Crippen LogP contribution is -1.98. The fourth-order valence-corrected chi connectivity index (χ4v) is 2.29. The van der Waals surface area contributed by atoms with Crippen LogP contribution in [0.15, 0.2) is 0 Å². The number of hydrogen-bond acceptors (Lipinski definition) is 1. The molecule has 1 saturated carbocycles. The Morgan fingerprint density at radius 3 is 2.22 bits per heavy atom. The van der Waals surface area contributed by atoms with E-state index < -0.39 is 0 Å². The highest BCUT2D eigenvalue weighted by atomic mass is 32.2. The summed E-state index contributed by atoms with van der Waals surface area (Å²) >= 11 is 2.21. The summed E-state index contributed by atoms with van der Waals surface area (Å²) in [5.74, 6) is 0. The Bertz CT molecular complexity index is 72.6. The molecule has 1 aliphatic rings. The van der Waals surface area contributed by atoms with Crippen LogP contribution in [0.1, 0.15) is 39.5 Å². The van der Waals surface area contributed by atoms with Crippen molar-refractivity contribution in [3.8, 4) is 0 Å². The van der Waals surface area contributed by atoms with Gasteiger partial charge in [0.2, 0.25) is 0 Å². The van der Waals surface area contributed by atoms with Gasteiger partial charge in [0, 0.05) is 10.5 Å². The van der Waals surface area contributed by atoms with Gasteiger partial charge in [-0.15, -0.1) is 0 Å². The van der Waals surface area contributed by atoms with Gasteiger partial charge in [-0.05, 0) is 25.7 Å². The normalized spacial score (nSPS) is 19.0. The molecule has 0 bridgehead atoms. The summed E-state index contributed by atoms with van der Waals surface area (Å²) in [6.07, 6.45) is 5.69. The molecule has 1 aliphatic carbocycles. The first-order valence-corrected chi connectivity index (χ1v) is 4.96. The molecule has 0 unspecified atom stereocenters. The van der Waals surface area contributed by atoms with Gasteiger partial charge in [0.05, 0.1) is 0 Å². The topological polar surface area (TPSA) is 0 Å². The standard InChI is InChI=1S/C8H16S/c1-3-7(4-2)9-8-5-6-8/h7-8H,3-6H2,1-2H3. The van der Waals surface area contributed by atoms with Gasteiger partial charge in [0.25, 0.3) is 0 Å². The zero-order valence-corrected chi connectivity index (χ0v) is 7.21. The van der Waals surface area contributed by atoms with Crippen molar-refractivity contribution in [3.63, 3.8) is 0 Å². The first-order valence-electron chi connectivity index (χ1n) is 4.02. The lowest BCUT2D eigenvalue weighted by Gasteiger charge is -2.09. The van der Waals surface area contributed by atoms with Crippen LogP contribution in [0, 0.1) is 0 Å².